The number of methoxy groups -OCH3 is 2. The third kappa shape index (κ3) is 2.52. The van der Waals surface area contributed by atoms with Gasteiger partial charge in [-0.3, -0.25) is 0 Å². The Hall–Kier alpha value is -1.29. The number of rotatable bonds is 5. The fraction of sp³-hybridized carbons (Fsp3) is 0.538. The van der Waals surface area contributed by atoms with Crippen molar-refractivity contribution in [2.45, 2.75) is 26.7 Å². The average molecular weight is 241 g/mol. The second-order valence-electron chi connectivity index (χ2n) is 4.00. The molecule has 0 saturated carbocycles. The smallest absolute Gasteiger partial charge is 0.166 e. The molecule has 0 aliphatic carbocycles. The molecule has 0 bridgehead atoms. The molecular formula is C13H20FNO2. The Bertz CT molecular complexity index is 405. The largest absolute Gasteiger partial charge is 0.493 e. The van der Waals surface area contributed by atoms with Crippen molar-refractivity contribution in [3.8, 4) is 11.5 Å². The van der Waals surface area contributed by atoms with Crippen LogP contribution in [0.5, 0.6) is 11.5 Å². The topological polar surface area (TPSA) is 44.5 Å². The van der Waals surface area contributed by atoms with Gasteiger partial charge in [-0.1, -0.05) is 0 Å². The lowest BCUT2D eigenvalue weighted by Crippen LogP contribution is -2.07. The molecule has 0 aliphatic heterocycles. The molecule has 4 heteroatoms. The number of hydrogen-bond donors (Lipinski definition) is 1. The number of halogens is 1. The molecule has 96 valence electrons. The highest BCUT2D eigenvalue weighted by Gasteiger charge is 2.20. The first kappa shape index (κ1) is 13.8. The maximum absolute atomic E-state index is 14.0. The minimum Gasteiger partial charge on any atom is -0.493 e. The van der Waals surface area contributed by atoms with Gasteiger partial charge < -0.3 is 15.2 Å². The summed E-state index contributed by atoms with van der Waals surface area (Å²) in [6.07, 6.45) is 1.49. The zero-order valence-electron chi connectivity index (χ0n) is 10.9. The van der Waals surface area contributed by atoms with Gasteiger partial charge in [-0.15, -0.1) is 0 Å². The van der Waals surface area contributed by atoms with E-state index in [0.717, 1.165) is 12.0 Å². The van der Waals surface area contributed by atoms with Gasteiger partial charge in [0.1, 0.15) is 5.82 Å². The fourth-order valence-corrected chi connectivity index (χ4v) is 2.03. The highest BCUT2D eigenvalue weighted by Crippen LogP contribution is 2.39. The standard InChI is InChI=1S/C13H20FNO2/c1-8-10(6-5-7-15)13(17-4)12(16-3)9(2)11(8)14/h5-7,15H2,1-4H3. The molecule has 0 amide bonds. The van der Waals surface area contributed by atoms with Gasteiger partial charge in [-0.2, -0.15) is 0 Å². The minimum atomic E-state index is -0.227. The van der Waals surface area contributed by atoms with Gasteiger partial charge in [-0.25, -0.2) is 4.39 Å². The van der Waals surface area contributed by atoms with Crippen LogP contribution in [0.1, 0.15) is 23.1 Å². The van der Waals surface area contributed by atoms with E-state index in [9.17, 15) is 4.39 Å². The van der Waals surface area contributed by atoms with Crippen LogP contribution in [-0.2, 0) is 6.42 Å². The molecule has 0 aromatic heterocycles. The van der Waals surface area contributed by atoms with Gasteiger partial charge in [0, 0.05) is 11.1 Å². The average Bonchev–Trinajstić information content (AvgIpc) is 2.34. The van der Waals surface area contributed by atoms with Crippen molar-refractivity contribution in [3.63, 3.8) is 0 Å². The Morgan fingerprint density at radius 2 is 1.65 bits per heavy atom. The summed E-state index contributed by atoms with van der Waals surface area (Å²) < 4.78 is 24.6. The normalized spacial score (nSPS) is 10.5. The van der Waals surface area contributed by atoms with Crippen LogP contribution in [0.3, 0.4) is 0 Å². The lowest BCUT2D eigenvalue weighted by molar-refractivity contribution is 0.345. The highest BCUT2D eigenvalue weighted by atomic mass is 19.1. The summed E-state index contributed by atoms with van der Waals surface area (Å²) >= 11 is 0. The maximum atomic E-state index is 14.0. The van der Waals surface area contributed by atoms with E-state index in [1.807, 2.05) is 0 Å². The quantitative estimate of drug-likeness (QED) is 0.860. The molecule has 0 unspecified atom stereocenters. The second kappa shape index (κ2) is 5.87. The fourth-order valence-electron chi connectivity index (χ4n) is 2.03. The van der Waals surface area contributed by atoms with Crippen molar-refractivity contribution in [1.82, 2.24) is 0 Å². The summed E-state index contributed by atoms with van der Waals surface area (Å²) in [4.78, 5) is 0. The summed E-state index contributed by atoms with van der Waals surface area (Å²) in [5, 5.41) is 0. The molecular weight excluding hydrogens is 221 g/mol. The predicted molar refractivity (Wildman–Crippen MR) is 66.4 cm³/mol. The van der Waals surface area contributed by atoms with E-state index in [2.05, 4.69) is 0 Å². The van der Waals surface area contributed by atoms with Gasteiger partial charge in [0.05, 0.1) is 14.2 Å². The highest BCUT2D eigenvalue weighted by molar-refractivity contribution is 5.55. The van der Waals surface area contributed by atoms with Gasteiger partial charge in [0.2, 0.25) is 0 Å². The van der Waals surface area contributed by atoms with E-state index in [0.29, 0.717) is 35.6 Å². The van der Waals surface area contributed by atoms with Gasteiger partial charge in [0.15, 0.2) is 11.5 Å². The monoisotopic (exact) mass is 241 g/mol. The zero-order valence-corrected chi connectivity index (χ0v) is 10.9. The molecule has 17 heavy (non-hydrogen) atoms. The number of hydrogen-bond acceptors (Lipinski definition) is 3. The Balaban J connectivity index is 3.39. The van der Waals surface area contributed by atoms with Crippen molar-refractivity contribution in [2.75, 3.05) is 20.8 Å². The van der Waals surface area contributed by atoms with E-state index in [1.165, 1.54) is 7.11 Å². The Morgan fingerprint density at radius 1 is 1.06 bits per heavy atom. The molecule has 0 saturated heterocycles. The Kier molecular flexibility index (Phi) is 4.75. The number of benzene rings is 1. The van der Waals surface area contributed by atoms with E-state index >= 15 is 0 Å². The lowest BCUT2D eigenvalue weighted by atomic mass is 9.98. The third-order valence-electron chi connectivity index (χ3n) is 2.97. The van der Waals surface area contributed by atoms with Gasteiger partial charge in [0.25, 0.3) is 0 Å². The van der Waals surface area contributed by atoms with Crippen LogP contribution in [0.2, 0.25) is 0 Å². The van der Waals surface area contributed by atoms with Crippen molar-refractivity contribution < 1.29 is 13.9 Å². The van der Waals surface area contributed by atoms with Crippen LogP contribution in [0, 0.1) is 19.7 Å². The molecule has 1 aromatic carbocycles. The molecule has 0 spiro atoms. The Morgan fingerprint density at radius 3 is 2.12 bits per heavy atom. The van der Waals surface area contributed by atoms with E-state index in [4.69, 9.17) is 15.2 Å². The van der Waals surface area contributed by atoms with E-state index < -0.39 is 0 Å². The third-order valence-corrected chi connectivity index (χ3v) is 2.97. The first-order valence-corrected chi connectivity index (χ1v) is 5.68. The van der Waals surface area contributed by atoms with Crippen LogP contribution in [-0.4, -0.2) is 20.8 Å². The first-order chi connectivity index (χ1) is 8.08. The second-order valence-corrected chi connectivity index (χ2v) is 4.00. The summed E-state index contributed by atoms with van der Waals surface area (Å²) in [6.45, 7) is 4.02. The first-order valence-electron chi connectivity index (χ1n) is 5.68. The van der Waals surface area contributed by atoms with Crippen LogP contribution in [0.4, 0.5) is 4.39 Å². The van der Waals surface area contributed by atoms with Crippen molar-refractivity contribution in [2.24, 2.45) is 5.73 Å². The molecule has 0 atom stereocenters. The van der Waals surface area contributed by atoms with Gasteiger partial charge >= 0.3 is 0 Å². The van der Waals surface area contributed by atoms with E-state index in [1.54, 1.807) is 21.0 Å². The summed E-state index contributed by atoms with van der Waals surface area (Å²) in [5.41, 5.74) is 7.44. The molecule has 1 rings (SSSR count). The SMILES string of the molecule is COc1c(C)c(F)c(C)c(CCCN)c1OC. The van der Waals surface area contributed by atoms with Gasteiger partial charge in [-0.05, 0) is 38.8 Å². The van der Waals surface area contributed by atoms with Crippen molar-refractivity contribution in [1.29, 1.82) is 0 Å². The summed E-state index contributed by atoms with van der Waals surface area (Å²) in [6, 6.07) is 0. The number of nitrogens with two attached hydrogens (primary N) is 1. The van der Waals surface area contributed by atoms with Crippen LogP contribution < -0.4 is 15.2 Å². The lowest BCUT2D eigenvalue weighted by Gasteiger charge is -2.18. The Labute approximate surface area is 102 Å². The molecule has 1 aromatic rings. The maximum Gasteiger partial charge on any atom is 0.166 e. The molecule has 0 heterocycles. The summed E-state index contributed by atoms with van der Waals surface area (Å²) in [5.74, 6) is 0.870. The molecule has 0 fully saturated rings. The molecule has 0 aliphatic rings. The number of ether oxygens (including phenoxy) is 2. The molecule has 0 radical (unpaired) electrons. The van der Waals surface area contributed by atoms with Crippen LogP contribution in [0.25, 0.3) is 0 Å². The minimum absolute atomic E-state index is 0.227. The van der Waals surface area contributed by atoms with Crippen molar-refractivity contribution >= 4 is 0 Å². The molecule has 2 N–H and O–H groups in total. The molecule has 3 nitrogen and oxygen atoms in total. The summed E-state index contributed by atoms with van der Waals surface area (Å²) in [7, 11) is 3.09. The van der Waals surface area contributed by atoms with Crippen LogP contribution >= 0.6 is 0 Å². The van der Waals surface area contributed by atoms with Crippen molar-refractivity contribution in [3.05, 3.63) is 22.5 Å². The van der Waals surface area contributed by atoms with Crippen LogP contribution in [0.15, 0.2) is 0 Å². The zero-order chi connectivity index (χ0) is 13.0. The van der Waals surface area contributed by atoms with E-state index in [-0.39, 0.29) is 5.82 Å². The predicted octanol–water partition coefficient (Wildman–Crippen LogP) is 2.35.